The number of nitrogens with one attached hydrogen (secondary N) is 2. The normalized spacial score (nSPS) is 26.4. The Labute approximate surface area is 105 Å². The average Bonchev–Trinajstić information content (AvgIpc) is 2.84. The summed E-state index contributed by atoms with van der Waals surface area (Å²) in [5.41, 5.74) is 0.00458. The Kier molecular flexibility index (Phi) is 2.42. The number of rotatable bonds is 0. The van der Waals surface area contributed by atoms with Crippen molar-refractivity contribution in [3.8, 4) is 6.19 Å². The first-order valence-corrected chi connectivity index (χ1v) is 5.91. The number of fused-ring (bicyclic) bond motifs is 1. The van der Waals surface area contributed by atoms with Gasteiger partial charge < -0.3 is 10.6 Å². The molecule has 0 unspecified atom stereocenters. The molecule has 2 aliphatic heterocycles. The summed E-state index contributed by atoms with van der Waals surface area (Å²) in [6, 6.07) is 3.46. The number of hydrogen-bond acceptors (Lipinski definition) is 5. The van der Waals surface area contributed by atoms with Crippen molar-refractivity contribution in [1.82, 2.24) is 10.3 Å². The van der Waals surface area contributed by atoms with Crippen molar-refractivity contribution >= 4 is 17.4 Å². The van der Waals surface area contributed by atoms with E-state index in [0.29, 0.717) is 24.6 Å². The van der Waals surface area contributed by atoms with Crippen LogP contribution >= 0.6 is 0 Å². The monoisotopic (exact) mass is 243 g/mol. The third-order valence-electron chi connectivity index (χ3n) is 3.62. The van der Waals surface area contributed by atoms with E-state index in [-0.39, 0.29) is 5.91 Å². The van der Waals surface area contributed by atoms with Crippen molar-refractivity contribution < 1.29 is 4.79 Å². The average molecular weight is 243 g/mol. The molecule has 1 spiro atoms. The number of aromatic nitrogens is 1. The van der Waals surface area contributed by atoms with Crippen LogP contribution in [0.3, 0.4) is 0 Å². The summed E-state index contributed by atoms with van der Waals surface area (Å²) in [6.07, 6.45) is 4.37. The van der Waals surface area contributed by atoms with Crippen molar-refractivity contribution in [2.45, 2.75) is 6.42 Å². The molecule has 0 saturated carbocycles. The molecular formula is C12H13N5O. The smallest absolute Gasteiger partial charge is 0.249 e. The minimum Gasteiger partial charge on any atom is -0.367 e. The van der Waals surface area contributed by atoms with Crippen molar-refractivity contribution in [3.63, 3.8) is 0 Å². The van der Waals surface area contributed by atoms with Crippen molar-refractivity contribution in [1.29, 1.82) is 5.26 Å². The molecule has 92 valence electrons. The van der Waals surface area contributed by atoms with Gasteiger partial charge in [0.25, 0.3) is 0 Å². The van der Waals surface area contributed by atoms with Gasteiger partial charge in [0.2, 0.25) is 5.91 Å². The topological polar surface area (TPSA) is 81.0 Å². The molecule has 3 rings (SSSR count). The lowest BCUT2D eigenvalue weighted by atomic mass is 9.85. The number of nitrogens with zero attached hydrogens (tertiary/aromatic N) is 3. The zero-order valence-electron chi connectivity index (χ0n) is 9.81. The van der Waals surface area contributed by atoms with Gasteiger partial charge in [0.1, 0.15) is 5.69 Å². The first-order valence-electron chi connectivity index (χ1n) is 5.91. The Hall–Kier alpha value is -2.13. The molecule has 6 nitrogen and oxygen atoms in total. The fourth-order valence-corrected chi connectivity index (χ4v) is 2.56. The lowest BCUT2D eigenvalue weighted by Crippen LogP contribution is -2.45. The van der Waals surface area contributed by atoms with Crippen LogP contribution in [0.2, 0.25) is 0 Å². The molecule has 1 aromatic heterocycles. The van der Waals surface area contributed by atoms with Crippen LogP contribution in [0, 0.1) is 16.9 Å². The van der Waals surface area contributed by atoms with Gasteiger partial charge >= 0.3 is 0 Å². The van der Waals surface area contributed by atoms with Crippen molar-refractivity contribution in [2.24, 2.45) is 5.41 Å². The molecule has 1 aromatic rings. The van der Waals surface area contributed by atoms with E-state index in [4.69, 9.17) is 0 Å². The van der Waals surface area contributed by atoms with Gasteiger partial charge in [0.05, 0.1) is 5.41 Å². The third-order valence-corrected chi connectivity index (χ3v) is 3.62. The lowest BCUT2D eigenvalue weighted by molar-refractivity contribution is -0.125. The van der Waals surface area contributed by atoms with E-state index in [1.54, 1.807) is 18.3 Å². The minimum absolute atomic E-state index is 0.144. The number of carbonyl (C=O) groups excluding carboxylic acids is 1. The molecule has 1 amide bonds. The predicted molar refractivity (Wildman–Crippen MR) is 65.7 cm³/mol. The SMILES string of the molecule is N#CN1C(=O)[C@@]2(CCNC2)CNc2ncccc21. The molecule has 1 fully saturated rings. The number of nitriles is 1. The Balaban J connectivity index is 2.08. The lowest BCUT2D eigenvalue weighted by Gasteiger charge is -2.26. The van der Waals surface area contributed by atoms with Crippen LogP contribution in [0.1, 0.15) is 6.42 Å². The van der Waals surface area contributed by atoms with E-state index < -0.39 is 5.41 Å². The first kappa shape index (κ1) is 11.0. The molecule has 0 aromatic carbocycles. The summed E-state index contributed by atoms with van der Waals surface area (Å²) in [5.74, 6) is 0.449. The van der Waals surface area contributed by atoms with Gasteiger partial charge in [-0.1, -0.05) is 0 Å². The maximum Gasteiger partial charge on any atom is 0.249 e. The molecule has 6 heteroatoms. The Morgan fingerprint density at radius 1 is 1.50 bits per heavy atom. The second-order valence-electron chi connectivity index (χ2n) is 4.67. The van der Waals surface area contributed by atoms with Crippen LogP contribution in [0.15, 0.2) is 18.3 Å². The van der Waals surface area contributed by atoms with Crippen LogP contribution in [-0.2, 0) is 4.79 Å². The summed E-state index contributed by atoms with van der Waals surface area (Å²) in [6.45, 7) is 1.92. The van der Waals surface area contributed by atoms with Gasteiger partial charge in [-0.3, -0.25) is 4.79 Å². The number of pyridine rings is 1. The summed E-state index contributed by atoms with van der Waals surface area (Å²) in [7, 11) is 0. The molecule has 1 saturated heterocycles. The summed E-state index contributed by atoms with van der Waals surface area (Å²) < 4.78 is 0. The molecule has 1 atom stereocenters. The van der Waals surface area contributed by atoms with E-state index in [0.717, 1.165) is 17.9 Å². The molecule has 0 radical (unpaired) electrons. The van der Waals surface area contributed by atoms with Gasteiger partial charge in [-0.25, -0.2) is 9.88 Å². The van der Waals surface area contributed by atoms with E-state index in [1.807, 2.05) is 6.19 Å². The molecule has 2 aliphatic rings. The highest BCUT2D eigenvalue weighted by Gasteiger charge is 2.46. The van der Waals surface area contributed by atoms with Gasteiger partial charge in [0, 0.05) is 19.3 Å². The highest BCUT2D eigenvalue weighted by molar-refractivity contribution is 6.03. The Morgan fingerprint density at radius 2 is 2.39 bits per heavy atom. The number of carbonyl (C=O) groups is 1. The van der Waals surface area contributed by atoms with E-state index in [9.17, 15) is 10.1 Å². The van der Waals surface area contributed by atoms with E-state index in [1.165, 1.54) is 0 Å². The van der Waals surface area contributed by atoms with E-state index in [2.05, 4.69) is 15.6 Å². The fraction of sp³-hybridized carbons (Fsp3) is 0.417. The Morgan fingerprint density at radius 3 is 3.11 bits per heavy atom. The van der Waals surface area contributed by atoms with Gasteiger partial charge in [-0.15, -0.1) is 0 Å². The predicted octanol–water partition coefficient (Wildman–Crippen LogP) is 0.301. The van der Waals surface area contributed by atoms with Crippen LogP contribution < -0.4 is 15.5 Å². The van der Waals surface area contributed by atoms with Gasteiger partial charge in [-0.2, -0.15) is 5.26 Å². The second-order valence-corrected chi connectivity index (χ2v) is 4.67. The van der Waals surface area contributed by atoms with Crippen molar-refractivity contribution in [2.75, 3.05) is 29.9 Å². The molecule has 2 N–H and O–H groups in total. The third kappa shape index (κ3) is 1.45. The number of amides is 1. The number of anilines is 2. The van der Waals surface area contributed by atoms with Crippen LogP contribution in [0.25, 0.3) is 0 Å². The van der Waals surface area contributed by atoms with Gasteiger partial charge in [-0.05, 0) is 25.1 Å². The Bertz CT molecular complexity index is 530. The zero-order valence-corrected chi connectivity index (χ0v) is 9.81. The molecule has 18 heavy (non-hydrogen) atoms. The van der Waals surface area contributed by atoms with Crippen LogP contribution in [-0.4, -0.2) is 30.5 Å². The first-order chi connectivity index (χ1) is 8.77. The summed E-state index contributed by atoms with van der Waals surface area (Å²) in [4.78, 5) is 17.9. The standard InChI is InChI=1S/C12H13N5O/c13-8-17-9-2-1-4-15-10(9)16-7-12(11(17)18)3-5-14-6-12/h1-2,4,14H,3,5-7H2,(H,15,16)/t12-/m1/s1. The summed E-state index contributed by atoms with van der Waals surface area (Å²) in [5, 5.41) is 15.6. The highest BCUT2D eigenvalue weighted by Crippen LogP contribution is 2.36. The van der Waals surface area contributed by atoms with Crippen LogP contribution in [0.5, 0.6) is 0 Å². The van der Waals surface area contributed by atoms with Crippen molar-refractivity contribution in [3.05, 3.63) is 18.3 Å². The maximum absolute atomic E-state index is 12.6. The summed E-state index contributed by atoms with van der Waals surface area (Å²) >= 11 is 0. The fourth-order valence-electron chi connectivity index (χ4n) is 2.56. The quantitative estimate of drug-likeness (QED) is 0.640. The maximum atomic E-state index is 12.6. The largest absolute Gasteiger partial charge is 0.367 e. The van der Waals surface area contributed by atoms with E-state index >= 15 is 0 Å². The molecule has 0 bridgehead atoms. The zero-order chi connectivity index (χ0) is 12.6. The van der Waals surface area contributed by atoms with Crippen LogP contribution in [0.4, 0.5) is 11.5 Å². The molecule has 3 heterocycles. The minimum atomic E-state index is -0.531. The number of hydrogen-bond donors (Lipinski definition) is 2. The molecule has 0 aliphatic carbocycles. The second kappa shape index (κ2) is 3.96. The molecular weight excluding hydrogens is 230 g/mol. The highest BCUT2D eigenvalue weighted by atomic mass is 16.2. The van der Waals surface area contributed by atoms with Gasteiger partial charge in [0.15, 0.2) is 12.0 Å².